The van der Waals surface area contributed by atoms with Crippen LogP contribution in [0.15, 0.2) is 29.3 Å². The van der Waals surface area contributed by atoms with Gasteiger partial charge in [-0.1, -0.05) is 11.3 Å². The molecule has 0 atom stereocenters. The smallest absolute Gasteiger partial charge is 0.279 e. The first-order valence-corrected chi connectivity index (χ1v) is 11.5. The van der Waals surface area contributed by atoms with E-state index >= 15 is 0 Å². The minimum absolute atomic E-state index is 0.341. The van der Waals surface area contributed by atoms with Gasteiger partial charge in [-0.25, -0.2) is 0 Å². The van der Waals surface area contributed by atoms with Crippen molar-refractivity contribution in [3.05, 3.63) is 45.8 Å². The van der Waals surface area contributed by atoms with Gasteiger partial charge in [-0.05, 0) is 76.9 Å². The Labute approximate surface area is 187 Å². The van der Waals surface area contributed by atoms with Gasteiger partial charge in [0.15, 0.2) is 16.3 Å². The van der Waals surface area contributed by atoms with Crippen LogP contribution in [0.3, 0.4) is 0 Å². The third-order valence-electron chi connectivity index (χ3n) is 4.97. The highest BCUT2D eigenvalue weighted by Gasteiger charge is 2.18. The van der Waals surface area contributed by atoms with Crippen LogP contribution in [0.2, 0.25) is 0 Å². The van der Waals surface area contributed by atoms with Crippen molar-refractivity contribution in [1.82, 2.24) is 4.57 Å². The number of aryl methyl sites for hydroxylation is 3. The standard InChI is InChI=1S/C24H30N2O4S/c1-7-26-18-11-15(5)16(6)12-21(18)31-24(26)25-23(27)17-13-19(28-8-2)22(30-10-4)20(14-17)29-9-3/h11-14H,7-10H2,1-6H3. The maximum atomic E-state index is 13.1. The SMILES string of the molecule is CCOc1cc(C(=O)N=c2sc3cc(C)c(C)cc3n2CC)cc(OCC)c1OCC. The van der Waals surface area contributed by atoms with Crippen LogP contribution >= 0.6 is 11.3 Å². The summed E-state index contributed by atoms with van der Waals surface area (Å²) in [7, 11) is 0. The van der Waals surface area contributed by atoms with E-state index in [0.717, 1.165) is 16.8 Å². The van der Waals surface area contributed by atoms with Crippen LogP contribution in [0.5, 0.6) is 17.2 Å². The van der Waals surface area contributed by atoms with Crippen molar-refractivity contribution < 1.29 is 19.0 Å². The lowest BCUT2D eigenvalue weighted by Gasteiger charge is -2.16. The summed E-state index contributed by atoms with van der Waals surface area (Å²) in [4.78, 5) is 18.3. The first kappa shape index (κ1) is 22.9. The zero-order valence-electron chi connectivity index (χ0n) is 19.1. The zero-order valence-corrected chi connectivity index (χ0v) is 19.9. The van der Waals surface area contributed by atoms with Crippen LogP contribution < -0.4 is 19.0 Å². The topological polar surface area (TPSA) is 62.0 Å². The maximum Gasteiger partial charge on any atom is 0.279 e. The summed E-state index contributed by atoms with van der Waals surface area (Å²) in [6.07, 6.45) is 0. The normalized spacial score (nSPS) is 11.7. The molecular formula is C24H30N2O4S. The molecule has 0 fully saturated rings. The molecule has 1 amide bonds. The first-order chi connectivity index (χ1) is 14.9. The van der Waals surface area contributed by atoms with Crippen LogP contribution in [-0.2, 0) is 6.54 Å². The molecule has 0 N–H and O–H groups in total. The number of nitrogens with zero attached hydrogens (tertiary/aromatic N) is 2. The summed E-state index contributed by atoms with van der Waals surface area (Å²) in [5.74, 6) is 1.14. The molecule has 6 nitrogen and oxygen atoms in total. The van der Waals surface area contributed by atoms with E-state index in [0.29, 0.717) is 47.4 Å². The van der Waals surface area contributed by atoms with Gasteiger partial charge < -0.3 is 18.8 Å². The predicted octanol–water partition coefficient (Wildman–Crippen LogP) is 5.28. The number of hydrogen-bond acceptors (Lipinski definition) is 5. The molecule has 0 unspecified atom stereocenters. The fourth-order valence-electron chi connectivity index (χ4n) is 3.38. The highest BCUT2D eigenvalue weighted by atomic mass is 32.1. The lowest BCUT2D eigenvalue weighted by atomic mass is 10.1. The second-order valence-electron chi connectivity index (χ2n) is 7.05. The van der Waals surface area contributed by atoms with Gasteiger partial charge in [0.25, 0.3) is 5.91 Å². The van der Waals surface area contributed by atoms with E-state index < -0.39 is 0 Å². The quantitative estimate of drug-likeness (QED) is 0.476. The van der Waals surface area contributed by atoms with Crippen LogP contribution in [0.4, 0.5) is 0 Å². The average Bonchev–Trinajstić information content (AvgIpc) is 3.06. The monoisotopic (exact) mass is 442 g/mol. The minimum atomic E-state index is -0.341. The molecule has 166 valence electrons. The Bertz CT molecular complexity index is 1130. The van der Waals surface area contributed by atoms with Crippen molar-refractivity contribution in [1.29, 1.82) is 0 Å². The first-order valence-electron chi connectivity index (χ1n) is 10.7. The molecule has 0 aliphatic rings. The fraction of sp³-hybridized carbons (Fsp3) is 0.417. The Kier molecular flexibility index (Phi) is 7.38. The highest BCUT2D eigenvalue weighted by molar-refractivity contribution is 7.16. The number of ether oxygens (including phenoxy) is 3. The Morgan fingerprint density at radius 2 is 1.48 bits per heavy atom. The van der Waals surface area contributed by atoms with Crippen LogP contribution in [-0.4, -0.2) is 30.3 Å². The highest BCUT2D eigenvalue weighted by Crippen LogP contribution is 2.39. The van der Waals surface area contributed by atoms with E-state index in [1.165, 1.54) is 22.5 Å². The molecule has 0 saturated heterocycles. The van der Waals surface area contributed by atoms with Crippen LogP contribution in [0.1, 0.15) is 49.2 Å². The van der Waals surface area contributed by atoms with E-state index in [-0.39, 0.29) is 5.91 Å². The summed E-state index contributed by atoms with van der Waals surface area (Å²) in [6.45, 7) is 14.0. The fourth-order valence-corrected chi connectivity index (χ4v) is 4.55. The molecular weight excluding hydrogens is 412 g/mol. The second-order valence-corrected chi connectivity index (χ2v) is 8.06. The zero-order chi connectivity index (χ0) is 22.5. The minimum Gasteiger partial charge on any atom is -0.490 e. The summed E-state index contributed by atoms with van der Waals surface area (Å²) in [5, 5.41) is 0. The number of aromatic nitrogens is 1. The number of carbonyl (C=O) groups is 1. The van der Waals surface area contributed by atoms with Gasteiger partial charge >= 0.3 is 0 Å². The molecule has 0 bridgehead atoms. The van der Waals surface area contributed by atoms with Gasteiger partial charge in [0.1, 0.15) is 0 Å². The Morgan fingerprint density at radius 3 is 2.03 bits per heavy atom. The van der Waals surface area contributed by atoms with E-state index in [9.17, 15) is 4.79 Å². The third kappa shape index (κ3) is 4.77. The van der Waals surface area contributed by atoms with Gasteiger partial charge in [0, 0.05) is 12.1 Å². The molecule has 3 aromatic rings. The van der Waals surface area contributed by atoms with Crippen molar-refractivity contribution in [2.75, 3.05) is 19.8 Å². The Morgan fingerprint density at radius 1 is 0.903 bits per heavy atom. The molecule has 0 aliphatic heterocycles. The van der Waals surface area contributed by atoms with Gasteiger partial charge in [-0.3, -0.25) is 4.79 Å². The summed E-state index contributed by atoms with van der Waals surface area (Å²) in [5.41, 5.74) is 3.95. The van der Waals surface area contributed by atoms with Crippen molar-refractivity contribution in [2.24, 2.45) is 4.99 Å². The maximum absolute atomic E-state index is 13.1. The number of rotatable bonds is 8. The molecule has 1 heterocycles. The molecule has 0 radical (unpaired) electrons. The van der Waals surface area contributed by atoms with Gasteiger partial charge in [-0.2, -0.15) is 4.99 Å². The lowest BCUT2D eigenvalue weighted by molar-refractivity contribution is 0.0996. The predicted molar refractivity (Wildman–Crippen MR) is 125 cm³/mol. The molecule has 1 aromatic heterocycles. The number of amides is 1. The van der Waals surface area contributed by atoms with Crippen molar-refractivity contribution >= 4 is 27.5 Å². The average molecular weight is 443 g/mol. The molecule has 2 aromatic carbocycles. The van der Waals surface area contributed by atoms with E-state index in [4.69, 9.17) is 14.2 Å². The van der Waals surface area contributed by atoms with E-state index in [2.05, 4.69) is 42.5 Å². The number of benzene rings is 2. The van der Waals surface area contributed by atoms with Crippen LogP contribution in [0.25, 0.3) is 10.2 Å². The Hall–Kier alpha value is -2.80. The second kappa shape index (κ2) is 10.0. The van der Waals surface area contributed by atoms with E-state index in [1.54, 1.807) is 12.1 Å². The van der Waals surface area contributed by atoms with E-state index in [1.807, 2.05) is 20.8 Å². The molecule has 0 saturated carbocycles. The van der Waals surface area contributed by atoms with Crippen LogP contribution in [0, 0.1) is 13.8 Å². The van der Waals surface area contributed by atoms with Gasteiger partial charge in [0.2, 0.25) is 5.75 Å². The summed E-state index contributed by atoms with van der Waals surface area (Å²) < 4.78 is 20.4. The van der Waals surface area contributed by atoms with Crippen molar-refractivity contribution in [2.45, 2.75) is 48.1 Å². The molecule has 7 heteroatoms. The number of fused-ring (bicyclic) bond motifs is 1. The third-order valence-corrected chi connectivity index (χ3v) is 6.01. The van der Waals surface area contributed by atoms with Gasteiger partial charge in [0.05, 0.1) is 30.0 Å². The van der Waals surface area contributed by atoms with Gasteiger partial charge in [-0.15, -0.1) is 0 Å². The number of hydrogen-bond donors (Lipinski definition) is 0. The Balaban J connectivity index is 2.13. The number of carbonyl (C=O) groups excluding carboxylic acids is 1. The largest absolute Gasteiger partial charge is 0.490 e. The number of thiazole rings is 1. The van der Waals surface area contributed by atoms with Crippen molar-refractivity contribution in [3.8, 4) is 17.2 Å². The van der Waals surface area contributed by atoms with Crippen molar-refractivity contribution in [3.63, 3.8) is 0 Å². The lowest BCUT2D eigenvalue weighted by Crippen LogP contribution is -2.16. The summed E-state index contributed by atoms with van der Waals surface area (Å²) in [6, 6.07) is 7.68. The summed E-state index contributed by atoms with van der Waals surface area (Å²) >= 11 is 1.52. The molecule has 0 aliphatic carbocycles. The molecule has 3 rings (SSSR count). The molecule has 31 heavy (non-hydrogen) atoms. The molecule has 0 spiro atoms.